The summed E-state index contributed by atoms with van der Waals surface area (Å²) in [4.78, 5) is 43.7. The average molecular weight is 478 g/mol. The number of carbonyl (C=O) groups is 3. The lowest BCUT2D eigenvalue weighted by Gasteiger charge is -2.19. The predicted molar refractivity (Wildman–Crippen MR) is 135 cm³/mol. The fourth-order valence-corrected chi connectivity index (χ4v) is 3.71. The molecular formula is C26H31N5O4. The monoisotopic (exact) mass is 477 g/mol. The van der Waals surface area contributed by atoms with Gasteiger partial charge in [-0.3, -0.25) is 24.6 Å². The summed E-state index contributed by atoms with van der Waals surface area (Å²) in [5, 5.41) is 15.3. The van der Waals surface area contributed by atoms with Crippen molar-refractivity contribution in [2.24, 2.45) is 0 Å². The first-order chi connectivity index (χ1) is 16.9. The number of aromatic nitrogens is 1. The van der Waals surface area contributed by atoms with Gasteiger partial charge in [-0.15, -0.1) is 0 Å². The minimum absolute atomic E-state index is 0.194. The number of nitrogens with zero attached hydrogens (tertiary/aromatic N) is 2. The van der Waals surface area contributed by atoms with Gasteiger partial charge in [-0.2, -0.15) is 0 Å². The summed E-state index contributed by atoms with van der Waals surface area (Å²) in [5.41, 5.74) is 4.27. The molecule has 0 radical (unpaired) electrons. The van der Waals surface area contributed by atoms with Gasteiger partial charge in [-0.25, -0.2) is 5.48 Å². The number of fused-ring (bicyclic) bond motifs is 1. The van der Waals surface area contributed by atoms with Crippen LogP contribution in [0.15, 0.2) is 60.8 Å². The second kappa shape index (κ2) is 12.5. The number of hydrogen-bond donors (Lipinski definition) is 4. The lowest BCUT2D eigenvalue weighted by atomic mass is 10.0. The highest BCUT2D eigenvalue weighted by molar-refractivity contribution is 6.04. The van der Waals surface area contributed by atoms with Crippen molar-refractivity contribution in [2.75, 3.05) is 24.3 Å². The van der Waals surface area contributed by atoms with E-state index in [9.17, 15) is 14.4 Å². The quantitative estimate of drug-likeness (QED) is 0.190. The number of para-hydroxylation sites is 1. The Morgan fingerprint density at radius 2 is 1.71 bits per heavy atom. The van der Waals surface area contributed by atoms with Crippen molar-refractivity contribution < 1.29 is 19.6 Å². The topological polar surface area (TPSA) is 124 Å². The molecule has 9 nitrogen and oxygen atoms in total. The lowest BCUT2D eigenvalue weighted by Crippen LogP contribution is -2.43. The molecule has 184 valence electrons. The molecule has 4 N–H and O–H groups in total. The summed E-state index contributed by atoms with van der Waals surface area (Å²) in [6.45, 7) is 0. The van der Waals surface area contributed by atoms with Gasteiger partial charge in [-0.05, 0) is 49.2 Å². The summed E-state index contributed by atoms with van der Waals surface area (Å²) in [6, 6.07) is 15.6. The number of rotatable bonds is 11. The zero-order valence-electron chi connectivity index (χ0n) is 20.0. The molecule has 0 unspecified atom stereocenters. The molecule has 1 aromatic heterocycles. The number of hydroxylamine groups is 1. The Bertz CT molecular complexity index is 1160. The van der Waals surface area contributed by atoms with E-state index in [-0.39, 0.29) is 18.2 Å². The van der Waals surface area contributed by atoms with Crippen molar-refractivity contribution in [3.63, 3.8) is 0 Å². The molecule has 3 aromatic rings. The van der Waals surface area contributed by atoms with E-state index >= 15 is 0 Å². The van der Waals surface area contributed by atoms with E-state index in [2.05, 4.69) is 15.6 Å². The molecule has 2 aromatic carbocycles. The molecule has 1 atom stereocenters. The standard InChI is InChI=1S/C26H31N5O4/c1-31(2)20-15-13-19(14-16-20)25(33)29-22(10-4-3-5-12-23(32)30-35)26(34)28-21-11-6-8-18-9-7-17-27-24(18)21/h6-9,11,13-17,22,35H,3-5,10,12H2,1-2H3,(H,28,34)(H,29,33)(H,30,32)/t22-/m0/s1. The summed E-state index contributed by atoms with van der Waals surface area (Å²) in [6.07, 6.45) is 4.10. The third-order valence-corrected chi connectivity index (χ3v) is 5.68. The molecule has 9 heteroatoms. The van der Waals surface area contributed by atoms with E-state index in [1.54, 1.807) is 29.9 Å². The van der Waals surface area contributed by atoms with E-state index in [4.69, 9.17) is 5.21 Å². The number of unbranched alkanes of at least 4 members (excludes halogenated alkanes) is 2. The van der Waals surface area contributed by atoms with Gasteiger partial charge in [0, 0.05) is 43.4 Å². The maximum Gasteiger partial charge on any atom is 0.251 e. The van der Waals surface area contributed by atoms with Gasteiger partial charge in [-0.1, -0.05) is 31.0 Å². The van der Waals surface area contributed by atoms with Crippen molar-refractivity contribution in [1.29, 1.82) is 0 Å². The molecule has 35 heavy (non-hydrogen) atoms. The minimum atomic E-state index is -0.776. The van der Waals surface area contributed by atoms with Crippen LogP contribution >= 0.6 is 0 Å². The third kappa shape index (κ3) is 7.25. The molecule has 3 amide bonds. The van der Waals surface area contributed by atoms with Crippen LogP contribution in [0.3, 0.4) is 0 Å². The number of pyridine rings is 1. The fourth-order valence-electron chi connectivity index (χ4n) is 3.71. The molecular weight excluding hydrogens is 446 g/mol. The van der Waals surface area contributed by atoms with Crippen molar-refractivity contribution in [1.82, 2.24) is 15.8 Å². The highest BCUT2D eigenvalue weighted by Crippen LogP contribution is 2.21. The van der Waals surface area contributed by atoms with E-state index in [0.717, 1.165) is 11.1 Å². The van der Waals surface area contributed by atoms with Gasteiger partial charge in [0.05, 0.1) is 11.2 Å². The summed E-state index contributed by atoms with van der Waals surface area (Å²) in [5.74, 6) is -1.13. The molecule has 0 aliphatic heterocycles. The molecule has 0 fully saturated rings. The van der Waals surface area contributed by atoms with Gasteiger partial charge in [0.15, 0.2) is 0 Å². The molecule has 0 aliphatic carbocycles. The SMILES string of the molecule is CN(C)c1ccc(C(=O)N[C@@H](CCCCCC(=O)NO)C(=O)Nc2cccc3cccnc23)cc1. The molecule has 0 spiro atoms. The zero-order chi connectivity index (χ0) is 25.2. The normalized spacial score (nSPS) is 11.5. The van der Waals surface area contributed by atoms with Crippen LogP contribution in [0.5, 0.6) is 0 Å². The first-order valence-electron chi connectivity index (χ1n) is 11.5. The Kier molecular flexibility index (Phi) is 9.14. The van der Waals surface area contributed by atoms with Crippen LogP contribution in [-0.2, 0) is 9.59 Å². The molecule has 3 rings (SSSR count). The highest BCUT2D eigenvalue weighted by atomic mass is 16.5. The Morgan fingerprint density at radius 3 is 2.43 bits per heavy atom. The number of amides is 3. The molecule has 0 aliphatic rings. The van der Waals surface area contributed by atoms with Crippen LogP contribution in [-0.4, -0.2) is 48.0 Å². The first-order valence-corrected chi connectivity index (χ1v) is 11.5. The minimum Gasteiger partial charge on any atom is -0.378 e. The Morgan fingerprint density at radius 1 is 0.971 bits per heavy atom. The summed E-state index contributed by atoms with van der Waals surface area (Å²) < 4.78 is 0. The first kappa shape index (κ1) is 25.6. The van der Waals surface area contributed by atoms with E-state index in [1.165, 1.54) is 0 Å². The van der Waals surface area contributed by atoms with Crippen molar-refractivity contribution in [2.45, 2.75) is 38.1 Å². The molecule has 1 heterocycles. The largest absolute Gasteiger partial charge is 0.378 e. The van der Waals surface area contributed by atoms with Crippen LogP contribution in [0.2, 0.25) is 0 Å². The van der Waals surface area contributed by atoms with E-state index < -0.39 is 11.9 Å². The third-order valence-electron chi connectivity index (χ3n) is 5.68. The van der Waals surface area contributed by atoms with E-state index in [0.29, 0.717) is 42.5 Å². The summed E-state index contributed by atoms with van der Waals surface area (Å²) in [7, 11) is 3.84. The van der Waals surface area contributed by atoms with Gasteiger partial charge in [0.2, 0.25) is 11.8 Å². The van der Waals surface area contributed by atoms with Crippen LogP contribution in [0.4, 0.5) is 11.4 Å². The van der Waals surface area contributed by atoms with Gasteiger partial charge < -0.3 is 15.5 Å². The van der Waals surface area contributed by atoms with Gasteiger partial charge >= 0.3 is 0 Å². The smallest absolute Gasteiger partial charge is 0.251 e. The number of nitrogens with one attached hydrogen (secondary N) is 3. The predicted octanol–water partition coefficient (Wildman–Crippen LogP) is 3.49. The van der Waals surface area contributed by atoms with Crippen LogP contribution < -0.4 is 21.0 Å². The van der Waals surface area contributed by atoms with Gasteiger partial charge in [0.25, 0.3) is 5.91 Å². The molecule has 0 saturated heterocycles. The fraction of sp³-hybridized carbons (Fsp3) is 0.308. The van der Waals surface area contributed by atoms with Crippen LogP contribution in [0, 0.1) is 0 Å². The number of benzene rings is 2. The zero-order valence-corrected chi connectivity index (χ0v) is 20.0. The second-order valence-corrected chi connectivity index (χ2v) is 8.47. The van der Waals surface area contributed by atoms with Crippen molar-refractivity contribution >= 4 is 40.0 Å². The van der Waals surface area contributed by atoms with E-state index in [1.807, 2.05) is 55.4 Å². The number of hydrogen-bond acceptors (Lipinski definition) is 6. The second-order valence-electron chi connectivity index (χ2n) is 8.47. The molecule has 0 saturated carbocycles. The Balaban J connectivity index is 1.71. The van der Waals surface area contributed by atoms with Crippen LogP contribution in [0.1, 0.15) is 42.5 Å². The van der Waals surface area contributed by atoms with Crippen LogP contribution in [0.25, 0.3) is 10.9 Å². The van der Waals surface area contributed by atoms with Gasteiger partial charge in [0.1, 0.15) is 6.04 Å². The summed E-state index contributed by atoms with van der Waals surface area (Å²) >= 11 is 0. The Labute approximate surface area is 204 Å². The molecule has 0 bridgehead atoms. The average Bonchev–Trinajstić information content (AvgIpc) is 2.87. The number of anilines is 2. The number of carbonyl (C=O) groups excluding carboxylic acids is 3. The lowest BCUT2D eigenvalue weighted by molar-refractivity contribution is -0.129. The Hall–Kier alpha value is -3.98. The maximum atomic E-state index is 13.2. The van der Waals surface area contributed by atoms with Crippen molar-refractivity contribution in [3.8, 4) is 0 Å². The highest BCUT2D eigenvalue weighted by Gasteiger charge is 2.22. The van der Waals surface area contributed by atoms with Crippen molar-refractivity contribution in [3.05, 3.63) is 66.4 Å². The maximum absolute atomic E-state index is 13.2.